The normalized spacial score (nSPS) is 37.3. The number of amides is 1. The molecule has 0 spiro atoms. The van der Waals surface area contributed by atoms with Crippen LogP contribution < -0.4 is 5.32 Å². The van der Waals surface area contributed by atoms with Gasteiger partial charge in [0.2, 0.25) is 0 Å². The molecule has 1 aromatic rings. The van der Waals surface area contributed by atoms with Crippen molar-refractivity contribution < 1.29 is 65.2 Å². The number of hydrogen-bond acceptors (Lipinski definition) is 15. The second-order valence-electron chi connectivity index (χ2n) is 16.7. The molecule has 1 aromatic heterocycles. The number of alkyl carbamates (subject to hydrolysis) is 1. The first-order valence-corrected chi connectivity index (χ1v) is 21.6. The Bertz CT molecular complexity index is 1930. The van der Waals surface area contributed by atoms with Gasteiger partial charge in [0.1, 0.15) is 18.5 Å². The number of rotatable bonds is 8. The predicted octanol–water partition coefficient (Wildman–Crippen LogP) is 3.36. The van der Waals surface area contributed by atoms with Crippen LogP contribution in [-0.4, -0.2) is 135 Å². The summed E-state index contributed by atoms with van der Waals surface area (Å²) in [5, 5.41) is 2.53. The standard InChI is InChI=1S/C41H58FN3O13S/c1-13-29-41(9)33(44-38(50)58-41)24(4)31(47)22(2)20-39(7,53-18-14-15-27-16-17-30(43-21-27)59(12,51)52)35(25(5)34(48)40(8,42)37(49)56-29)57-36-32(55-26(6)46)28(45(10)11)19-23(3)54-36/h16-17,21-25,28-29,32-33,35-36H,13,18-20H2,1-12H3,(H,44,50)/t22-,23-,24+,25+,28+,29?,32-,33-,35-,36+,39-,40+,41-/m1/s1. The maximum absolute atomic E-state index is 17.0. The Hall–Kier alpha value is -4.02. The number of nitrogens with one attached hydrogen (secondary N) is 1. The van der Waals surface area contributed by atoms with Gasteiger partial charge < -0.3 is 38.6 Å². The van der Waals surface area contributed by atoms with Gasteiger partial charge in [-0.05, 0) is 73.2 Å². The quantitative estimate of drug-likeness (QED) is 0.173. The third-order valence-corrected chi connectivity index (χ3v) is 12.6. The van der Waals surface area contributed by atoms with E-state index in [1.165, 1.54) is 39.1 Å². The Kier molecular flexibility index (Phi) is 14.8. The fourth-order valence-electron chi connectivity index (χ4n) is 8.45. The van der Waals surface area contributed by atoms with Crippen LogP contribution in [0.1, 0.15) is 87.1 Å². The van der Waals surface area contributed by atoms with E-state index in [1.807, 2.05) is 4.90 Å². The van der Waals surface area contributed by atoms with Crippen molar-refractivity contribution in [2.45, 2.75) is 146 Å². The first-order chi connectivity index (χ1) is 27.3. The lowest BCUT2D eigenvalue weighted by atomic mass is 9.73. The maximum atomic E-state index is 17.0. The molecule has 3 aliphatic rings. The second kappa shape index (κ2) is 18.3. The highest BCUT2D eigenvalue weighted by Gasteiger charge is 2.59. The van der Waals surface area contributed by atoms with Gasteiger partial charge in [-0.1, -0.05) is 39.5 Å². The number of esters is 2. The molecule has 1 amide bonds. The van der Waals surface area contributed by atoms with Gasteiger partial charge in [0.05, 0.1) is 29.9 Å². The smallest absolute Gasteiger partial charge is 0.408 e. The molecule has 1 unspecified atom stereocenters. The van der Waals surface area contributed by atoms with Gasteiger partial charge in [-0.25, -0.2) is 27.4 Å². The number of Topliss-reactive ketones (excluding diaryl/α,β-unsaturated/α-hetero) is 2. The number of nitrogens with zero attached hydrogens (tertiary/aromatic N) is 2. The monoisotopic (exact) mass is 851 g/mol. The van der Waals surface area contributed by atoms with E-state index in [9.17, 15) is 32.4 Å². The summed E-state index contributed by atoms with van der Waals surface area (Å²) in [7, 11) is 0.0287. The number of carbonyl (C=O) groups excluding carboxylic acids is 5. The molecule has 18 heteroatoms. The summed E-state index contributed by atoms with van der Waals surface area (Å²) in [4.78, 5) is 73.7. The Morgan fingerprint density at radius 3 is 2.31 bits per heavy atom. The molecule has 4 heterocycles. The Balaban J connectivity index is 1.88. The first-order valence-electron chi connectivity index (χ1n) is 19.7. The summed E-state index contributed by atoms with van der Waals surface area (Å²) < 4.78 is 77.3. The highest BCUT2D eigenvalue weighted by Crippen LogP contribution is 2.41. The van der Waals surface area contributed by atoms with Crippen LogP contribution in [0.25, 0.3) is 0 Å². The van der Waals surface area contributed by atoms with E-state index in [4.69, 9.17) is 28.4 Å². The second-order valence-corrected chi connectivity index (χ2v) is 18.7. The number of sulfone groups is 1. The molecule has 3 aliphatic heterocycles. The number of hydrogen-bond donors (Lipinski definition) is 1. The fourth-order valence-corrected chi connectivity index (χ4v) is 9.00. The van der Waals surface area contributed by atoms with Crippen LogP contribution in [0.4, 0.5) is 9.18 Å². The lowest BCUT2D eigenvalue weighted by Crippen LogP contribution is -2.62. The van der Waals surface area contributed by atoms with E-state index in [0.29, 0.717) is 12.0 Å². The molecule has 0 radical (unpaired) electrons. The van der Waals surface area contributed by atoms with Gasteiger partial charge in [-0.3, -0.25) is 14.4 Å². The molecule has 3 saturated heterocycles. The predicted molar refractivity (Wildman–Crippen MR) is 209 cm³/mol. The Labute approximate surface area is 345 Å². The number of ether oxygens (including phenoxy) is 6. The zero-order valence-electron chi connectivity index (χ0n) is 35.8. The molecule has 59 heavy (non-hydrogen) atoms. The largest absolute Gasteiger partial charge is 0.455 e. The fraction of sp³-hybridized carbons (Fsp3) is 0.707. The van der Waals surface area contributed by atoms with Gasteiger partial charge in [-0.15, -0.1) is 0 Å². The van der Waals surface area contributed by atoms with Crippen molar-refractivity contribution in [3.8, 4) is 11.8 Å². The molecule has 4 rings (SSSR count). The van der Waals surface area contributed by atoms with Crippen LogP contribution in [0.15, 0.2) is 23.4 Å². The lowest BCUT2D eigenvalue weighted by molar-refractivity contribution is -0.299. The molecule has 0 bridgehead atoms. The van der Waals surface area contributed by atoms with Crippen LogP contribution in [0.3, 0.4) is 0 Å². The molecule has 13 atom stereocenters. The van der Waals surface area contributed by atoms with Crippen molar-refractivity contribution in [1.29, 1.82) is 0 Å². The van der Waals surface area contributed by atoms with E-state index in [1.54, 1.807) is 48.7 Å². The first kappa shape index (κ1) is 47.7. The zero-order valence-corrected chi connectivity index (χ0v) is 36.6. The van der Waals surface area contributed by atoms with Crippen LogP contribution in [0, 0.1) is 29.6 Å². The van der Waals surface area contributed by atoms with Gasteiger partial charge in [0.25, 0.3) is 5.67 Å². The van der Waals surface area contributed by atoms with E-state index in [-0.39, 0.29) is 30.3 Å². The third kappa shape index (κ3) is 10.5. The zero-order chi connectivity index (χ0) is 44.4. The van der Waals surface area contributed by atoms with E-state index in [2.05, 4.69) is 22.1 Å². The van der Waals surface area contributed by atoms with Crippen molar-refractivity contribution in [3.05, 3.63) is 23.9 Å². The molecule has 16 nitrogen and oxygen atoms in total. The molecule has 1 N–H and O–H groups in total. The molecule has 0 saturated carbocycles. The Morgan fingerprint density at radius 1 is 1.08 bits per heavy atom. The molecular formula is C41H58FN3O13S. The number of halogens is 1. The number of likely N-dealkylation sites (N-methyl/N-ethyl adjacent to an activating group) is 1. The van der Waals surface area contributed by atoms with Gasteiger partial charge in [-0.2, -0.15) is 0 Å². The minimum atomic E-state index is -3.56. The van der Waals surface area contributed by atoms with Crippen LogP contribution in [-0.2, 0) is 57.4 Å². The minimum absolute atomic E-state index is 0.0440. The highest BCUT2D eigenvalue weighted by molar-refractivity contribution is 7.90. The average Bonchev–Trinajstić information content (AvgIpc) is 3.46. The number of pyridine rings is 1. The van der Waals surface area contributed by atoms with Gasteiger partial charge in [0, 0.05) is 42.7 Å². The topological polar surface area (TPSA) is 203 Å². The van der Waals surface area contributed by atoms with Crippen molar-refractivity contribution >= 4 is 39.4 Å². The van der Waals surface area contributed by atoms with Crippen LogP contribution >= 0.6 is 0 Å². The van der Waals surface area contributed by atoms with Gasteiger partial charge >= 0.3 is 18.0 Å². The Morgan fingerprint density at radius 2 is 1.75 bits per heavy atom. The summed E-state index contributed by atoms with van der Waals surface area (Å²) in [6.07, 6.45) is -3.83. The molecule has 0 aliphatic carbocycles. The van der Waals surface area contributed by atoms with Crippen LogP contribution in [0.2, 0.25) is 0 Å². The summed E-state index contributed by atoms with van der Waals surface area (Å²) in [5.74, 6) is -1.38. The lowest BCUT2D eigenvalue weighted by Gasteiger charge is -2.48. The average molecular weight is 852 g/mol. The number of cyclic esters (lactones) is 1. The summed E-state index contributed by atoms with van der Waals surface area (Å²) >= 11 is 0. The molecule has 3 fully saturated rings. The minimum Gasteiger partial charge on any atom is -0.455 e. The number of alkyl halides is 1. The number of carbonyl (C=O) groups is 5. The summed E-state index contributed by atoms with van der Waals surface area (Å²) in [6, 6.07) is 1.32. The van der Waals surface area contributed by atoms with Crippen molar-refractivity contribution in [3.63, 3.8) is 0 Å². The van der Waals surface area contributed by atoms with Crippen LogP contribution in [0.5, 0.6) is 0 Å². The number of aromatic nitrogens is 1. The molecule has 0 aromatic carbocycles. The van der Waals surface area contributed by atoms with E-state index in [0.717, 1.165) is 13.2 Å². The van der Waals surface area contributed by atoms with Gasteiger partial charge in [0.15, 0.2) is 38.6 Å². The van der Waals surface area contributed by atoms with Crippen molar-refractivity contribution in [2.75, 3.05) is 27.0 Å². The van der Waals surface area contributed by atoms with E-state index >= 15 is 4.39 Å². The molecular weight excluding hydrogens is 794 g/mol. The number of fused-ring (bicyclic) bond motifs is 1. The van der Waals surface area contributed by atoms with Crippen molar-refractivity contribution in [1.82, 2.24) is 15.2 Å². The highest BCUT2D eigenvalue weighted by atomic mass is 32.2. The third-order valence-electron chi connectivity index (χ3n) is 11.6. The van der Waals surface area contributed by atoms with Crippen molar-refractivity contribution in [2.24, 2.45) is 17.8 Å². The van der Waals surface area contributed by atoms with E-state index < -0.39 is 111 Å². The SMILES string of the molecule is CCC1OC(=O)[C@@](C)(F)C(=O)[C@H](C)[C@@H](O[C@@H]2O[C@H](C)C[C@H](N(C)C)[C@H]2OC(C)=O)[C@](C)(OCC#Cc2ccc(S(C)(=O)=O)nc2)C[C@@H](C)C(=O)[C@H](C)[C@H]2NC(=O)O[C@]12C. The molecule has 328 valence electrons. The number of ketones is 2. The summed E-state index contributed by atoms with van der Waals surface area (Å²) in [5.41, 5.74) is -6.24. The maximum Gasteiger partial charge on any atom is 0.408 e. The summed E-state index contributed by atoms with van der Waals surface area (Å²) in [6.45, 7) is 12.7.